The van der Waals surface area contributed by atoms with E-state index in [-0.39, 0.29) is 11.8 Å². The molecule has 3 amide bonds. The average molecular weight is 501 g/mol. The molecule has 0 saturated heterocycles. The molecule has 0 aliphatic heterocycles. The van der Waals surface area contributed by atoms with E-state index in [0.29, 0.717) is 32.9 Å². The van der Waals surface area contributed by atoms with Crippen molar-refractivity contribution in [2.75, 3.05) is 10.6 Å². The molecule has 1 fully saturated rings. The Hall–Kier alpha value is -3.33. The Bertz CT molecular complexity index is 1170. The summed E-state index contributed by atoms with van der Waals surface area (Å²) in [5, 5.41) is 6.15. The molecule has 1 aromatic heterocycles. The molecule has 0 radical (unpaired) electrons. The number of urea groups is 1. The fourth-order valence-electron chi connectivity index (χ4n) is 3.40. The average Bonchev–Trinajstić information content (AvgIpc) is 3.35. The Morgan fingerprint density at radius 1 is 0.853 bits per heavy atom. The van der Waals surface area contributed by atoms with Gasteiger partial charge in [-0.2, -0.15) is 0 Å². The Kier molecular flexibility index (Phi) is 7.84. The zero-order valence-electron chi connectivity index (χ0n) is 18.0. The van der Waals surface area contributed by atoms with Gasteiger partial charge in [-0.3, -0.25) is 14.6 Å². The molecule has 176 valence electrons. The summed E-state index contributed by atoms with van der Waals surface area (Å²) in [6, 6.07) is 14.3. The Labute approximate surface area is 206 Å². The summed E-state index contributed by atoms with van der Waals surface area (Å²) in [6.45, 7) is 0. The first-order valence-electron chi connectivity index (χ1n) is 10.7. The first kappa shape index (κ1) is 23.8. The highest BCUT2D eigenvalue weighted by molar-refractivity contribution is 6.42. The molecule has 0 bridgehead atoms. The van der Waals surface area contributed by atoms with Crippen molar-refractivity contribution in [3.05, 3.63) is 76.5 Å². The van der Waals surface area contributed by atoms with Crippen LogP contribution in [0.2, 0.25) is 10.0 Å². The molecule has 1 saturated carbocycles. The van der Waals surface area contributed by atoms with Crippen LogP contribution >= 0.6 is 23.2 Å². The van der Waals surface area contributed by atoms with Gasteiger partial charge in [0.15, 0.2) is 0 Å². The lowest BCUT2D eigenvalue weighted by Gasteiger charge is -2.12. The van der Waals surface area contributed by atoms with E-state index in [1.807, 2.05) is 0 Å². The van der Waals surface area contributed by atoms with Crippen molar-refractivity contribution in [1.29, 1.82) is 0 Å². The zero-order chi connectivity index (χ0) is 23.9. The molecule has 34 heavy (non-hydrogen) atoms. The molecular weight excluding hydrogens is 479 g/mol. The van der Waals surface area contributed by atoms with Gasteiger partial charge in [0.2, 0.25) is 0 Å². The van der Waals surface area contributed by atoms with Crippen LogP contribution < -0.4 is 20.9 Å². The zero-order valence-corrected chi connectivity index (χ0v) is 19.5. The number of pyridine rings is 1. The third-order valence-corrected chi connectivity index (χ3v) is 5.85. The quantitative estimate of drug-likeness (QED) is 0.324. The SMILES string of the molecule is O=C(Nc1ccc(Oc2ccnc(C(=O)NOC3CCCC3)c2)cc1)Nc1ccc(Cl)c(Cl)c1. The molecule has 0 atom stereocenters. The number of nitrogens with zero attached hydrogens (tertiary/aromatic N) is 1. The molecule has 3 aromatic rings. The van der Waals surface area contributed by atoms with Crippen molar-refractivity contribution in [2.45, 2.75) is 31.8 Å². The van der Waals surface area contributed by atoms with Gasteiger partial charge in [0.1, 0.15) is 17.2 Å². The molecular formula is C24H22Cl2N4O4. The van der Waals surface area contributed by atoms with Crippen molar-refractivity contribution in [3.8, 4) is 11.5 Å². The second-order valence-corrected chi connectivity index (χ2v) is 8.48. The van der Waals surface area contributed by atoms with Gasteiger partial charge >= 0.3 is 6.03 Å². The Balaban J connectivity index is 1.30. The molecule has 1 heterocycles. The van der Waals surface area contributed by atoms with Gasteiger partial charge in [0.25, 0.3) is 5.91 Å². The number of ether oxygens (including phenoxy) is 1. The van der Waals surface area contributed by atoms with E-state index >= 15 is 0 Å². The van der Waals surface area contributed by atoms with Gasteiger partial charge in [-0.05, 0) is 61.4 Å². The maximum atomic E-state index is 12.3. The minimum absolute atomic E-state index is 0.0570. The van der Waals surface area contributed by atoms with Gasteiger partial charge in [0, 0.05) is 23.6 Å². The molecule has 2 aromatic carbocycles. The molecule has 1 aliphatic carbocycles. The highest BCUT2D eigenvalue weighted by atomic mass is 35.5. The van der Waals surface area contributed by atoms with Crippen molar-refractivity contribution < 1.29 is 19.2 Å². The van der Waals surface area contributed by atoms with Gasteiger partial charge in [-0.25, -0.2) is 10.3 Å². The Morgan fingerprint density at radius 3 is 2.29 bits per heavy atom. The van der Waals surface area contributed by atoms with E-state index in [0.717, 1.165) is 25.7 Å². The number of anilines is 2. The molecule has 8 nitrogen and oxygen atoms in total. The van der Waals surface area contributed by atoms with Crippen molar-refractivity contribution in [3.63, 3.8) is 0 Å². The van der Waals surface area contributed by atoms with Gasteiger partial charge in [0.05, 0.1) is 16.1 Å². The number of hydroxylamine groups is 1. The second-order valence-electron chi connectivity index (χ2n) is 7.67. The standard InChI is InChI=1S/C24H22Cl2N4O4/c25-20-10-7-16(13-21(20)26)29-24(32)28-15-5-8-17(9-6-15)33-19-11-12-27-22(14-19)23(31)30-34-18-3-1-2-4-18/h5-14,18H,1-4H2,(H,30,31)(H2,28,29,32). The number of nitrogens with one attached hydrogen (secondary N) is 3. The van der Waals surface area contributed by atoms with E-state index in [1.165, 1.54) is 12.3 Å². The van der Waals surface area contributed by atoms with Gasteiger partial charge in [-0.15, -0.1) is 0 Å². The lowest BCUT2D eigenvalue weighted by Crippen LogP contribution is -2.28. The number of carbonyl (C=O) groups is 2. The summed E-state index contributed by atoms with van der Waals surface area (Å²) < 4.78 is 5.81. The van der Waals surface area contributed by atoms with Crippen LogP contribution in [0.25, 0.3) is 0 Å². The van der Waals surface area contributed by atoms with Gasteiger partial charge in [-0.1, -0.05) is 36.0 Å². The number of hydrogen-bond acceptors (Lipinski definition) is 5. The minimum Gasteiger partial charge on any atom is -0.457 e. The molecule has 0 spiro atoms. The van der Waals surface area contributed by atoms with Crippen LogP contribution in [0, 0.1) is 0 Å². The summed E-state index contributed by atoms with van der Waals surface area (Å²) in [6.07, 6.45) is 5.65. The van der Waals surface area contributed by atoms with Crippen LogP contribution in [0.5, 0.6) is 11.5 Å². The van der Waals surface area contributed by atoms with Crippen LogP contribution in [-0.4, -0.2) is 23.0 Å². The maximum absolute atomic E-state index is 12.3. The fraction of sp³-hybridized carbons (Fsp3) is 0.208. The third-order valence-electron chi connectivity index (χ3n) is 5.11. The van der Waals surface area contributed by atoms with Crippen LogP contribution in [0.4, 0.5) is 16.2 Å². The molecule has 0 unspecified atom stereocenters. The van der Waals surface area contributed by atoms with Crippen LogP contribution in [0.15, 0.2) is 60.8 Å². The van der Waals surface area contributed by atoms with Crippen LogP contribution in [0.3, 0.4) is 0 Å². The van der Waals surface area contributed by atoms with E-state index in [1.54, 1.807) is 48.5 Å². The lowest BCUT2D eigenvalue weighted by molar-refractivity contribution is -0.0127. The summed E-state index contributed by atoms with van der Waals surface area (Å²) in [5.74, 6) is 0.541. The maximum Gasteiger partial charge on any atom is 0.323 e. The van der Waals surface area contributed by atoms with E-state index in [9.17, 15) is 9.59 Å². The van der Waals surface area contributed by atoms with Crippen molar-refractivity contribution in [2.24, 2.45) is 0 Å². The molecule has 4 rings (SSSR count). The first-order chi connectivity index (χ1) is 16.5. The third kappa shape index (κ3) is 6.60. The first-order valence-corrected chi connectivity index (χ1v) is 11.4. The smallest absolute Gasteiger partial charge is 0.323 e. The predicted octanol–water partition coefficient (Wildman–Crippen LogP) is 6.43. The highest BCUT2D eigenvalue weighted by Gasteiger charge is 2.18. The number of halogens is 2. The van der Waals surface area contributed by atoms with Crippen molar-refractivity contribution in [1.82, 2.24) is 10.5 Å². The molecule has 3 N–H and O–H groups in total. The topological polar surface area (TPSA) is 102 Å². The Morgan fingerprint density at radius 2 is 1.56 bits per heavy atom. The van der Waals surface area contributed by atoms with Gasteiger partial charge < -0.3 is 15.4 Å². The van der Waals surface area contributed by atoms with Crippen molar-refractivity contribution >= 4 is 46.5 Å². The summed E-state index contributed by atoms with van der Waals surface area (Å²) in [5.41, 5.74) is 3.72. The summed E-state index contributed by atoms with van der Waals surface area (Å²) >= 11 is 11.8. The monoisotopic (exact) mass is 500 g/mol. The fourth-order valence-corrected chi connectivity index (χ4v) is 3.70. The van der Waals surface area contributed by atoms with E-state index < -0.39 is 11.9 Å². The number of benzene rings is 2. The highest BCUT2D eigenvalue weighted by Crippen LogP contribution is 2.26. The largest absolute Gasteiger partial charge is 0.457 e. The number of rotatable bonds is 7. The van der Waals surface area contributed by atoms with Crippen LogP contribution in [-0.2, 0) is 4.84 Å². The number of aromatic nitrogens is 1. The second kappa shape index (κ2) is 11.2. The summed E-state index contributed by atoms with van der Waals surface area (Å²) in [4.78, 5) is 34.0. The molecule has 1 aliphatic rings. The minimum atomic E-state index is -0.434. The number of hydrogen-bond donors (Lipinski definition) is 3. The summed E-state index contributed by atoms with van der Waals surface area (Å²) in [7, 11) is 0. The number of amides is 3. The predicted molar refractivity (Wildman–Crippen MR) is 131 cm³/mol. The normalized spacial score (nSPS) is 13.4. The van der Waals surface area contributed by atoms with E-state index in [4.69, 9.17) is 32.8 Å². The van der Waals surface area contributed by atoms with Crippen LogP contribution in [0.1, 0.15) is 36.2 Å². The van der Waals surface area contributed by atoms with E-state index in [2.05, 4.69) is 21.1 Å². The molecule has 10 heteroatoms. The lowest BCUT2D eigenvalue weighted by atomic mass is 10.3. The number of carbonyl (C=O) groups excluding carboxylic acids is 2.